The molecular weight excluding hydrogens is 200 g/mol. The molecule has 2 N–H and O–H groups in total. The van der Waals surface area contributed by atoms with Gasteiger partial charge in [-0.25, -0.2) is 8.42 Å². The number of rotatable bonds is 0. The number of hydrogen-bond acceptors (Lipinski definition) is 4. The lowest BCUT2D eigenvalue weighted by Crippen LogP contribution is -2.39. The van der Waals surface area contributed by atoms with Crippen molar-refractivity contribution in [3.63, 3.8) is 0 Å². The first-order chi connectivity index (χ1) is 6.52. The van der Waals surface area contributed by atoms with E-state index in [-0.39, 0.29) is 5.41 Å². The summed E-state index contributed by atoms with van der Waals surface area (Å²) in [6.07, 6.45) is 3.34. The van der Waals surface area contributed by atoms with Crippen LogP contribution >= 0.6 is 0 Å². The molecule has 5 heteroatoms. The van der Waals surface area contributed by atoms with Crippen LogP contribution < -0.4 is 5.73 Å². The molecule has 80 valence electrons. The molecule has 0 aliphatic carbocycles. The summed E-state index contributed by atoms with van der Waals surface area (Å²) in [6.45, 7) is 0.770. The summed E-state index contributed by atoms with van der Waals surface area (Å²) >= 11 is 0. The van der Waals surface area contributed by atoms with Gasteiger partial charge >= 0.3 is 0 Å². The molecule has 1 fully saturated rings. The van der Waals surface area contributed by atoms with Crippen LogP contribution in [0.4, 0.5) is 0 Å². The summed E-state index contributed by atoms with van der Waals surface area (Å²) in [7, 11) is -2.76. The Labute approximate surface area is 84.5 Å². The minimum Gasteiger partial charge on any atom is -0.387 e. The van der Waals surface area contributed by atoms with Crippen LogP contribution in [0, 0.1) is 5.41 Å². The van der Waals surface area contributed by atoms with Gasteiger partial charge in [-0.05, 0) is 24.7 Å². The topological polar surface area (TPSA) is 72.5 Å². The zero-order chi connectivity index (χ0) is 10.2. The predicted octanol–water partition coefficient (Wildman–Crippen LogP) is 0.332. The maximum Gasteiger partial charge on any atom is 0.150 e. The second-order valence-corrected chi connectivity index (χ2v) is 6.76. The fourth-order valence-corrected chi connectivity index (χ4v) is 4.06. The van der Waals surface area contributed by atoms with Crippen molar-refractivity contribution in [1.29, 1.82) is 0 Å². The minimum absolute atomic E-state index is 0.150. The van der Waals surface area contributed by atoms with E-state index in [2.05, 4.69) is 4.99 Å². The fraction of sp³-hybridized carbons (Fsp3) is 0.889. The van der Waals surface area contributed by atoms with Gasteiger partial charge in [0.2, 0.25) is 0 Å². The molecule has 0 atom stereocenters. The van der Waals surface area contributed by atoms with Crippen molar-refractivity contribution >= 4 is 15.7 Å². The third-order valence-electron chi connectivity index (χ3n) is 3.40. The molecule has 0 amide bonds. The average Bonchev–Trinajstić information content (AvgIpc) is 2.12. The smallest absolute Gasteiger partial charge is 0.150 e. The largest absolute Gasteiger partial charge is 0.387 e. The second-order valence-electron chi connectivity index (χ2n) is 4.45. The highest BCUT2D eigenvalue weighted by Crippen LogP contribution is 2.40. The van der Waals surface area contributed by atoms with Crippen LogP contribution in [-0.2, 0) is 9.84 Å². The molecule has 0 aromatic heterocycles. The van der Waals surface area contributed by atoms with E-state index in [9.17, 15) is 8.42 Å². The van der Waals surface area contributed by atoms with Crippen LogP contribution in [0.2, 0.25) is 0 Å². The van der Waals surface area contributed by atoms with Gasteiger partial charge in [0.1, 0.15) is 9.84 Å². The zero-order valence-corrected chi connectivity index (χ0v) is 9.02. The lowest BCUT2D eigenvalue weighted by atomic mass is 9.74. The van der Waals surface area contributed by atoms with Crippen LogP contribution in [0.3, 0.4) is 0 Å². The Hall–Kier alpha value is -0.580. The van der Waals surface area contributed by atoms with Gasteiger partial charge in [0.25, 0.3) is 0 Å². The van der Waals surface area contributed by atoms with Crippen LogP contribution in [0.5, 0.6) is 0 Å². The fourth-order valence-electron chi connectivity index (χ4n) is 2.36. The number of sulfone groups is 1. The molecule has 14 heavy (non-hydrogen) atoms. The molecule has 0 aromatic carbocycles. The van der Waals surface area contributed by atoms with Crippen molar-refractivity contribution in [2.24, 2.45) is 16.1 Å². The first-order valence-corrected chi connectivity index (χ1v) is 6.83. The van der Waals surface area contributed by atoms with Crippen molar-refractivity contribution in [3.8, 4) is 0 Å². The first-order valence-electron chi connectivity index (χ1n) is 5.01. The molecule has 2 heterocycles. The lowest BCUT2D eigenvalue weighted by molar-refractivity contribution is 0.239. The van der Waals surface area contributed by atoms with E-state index in [4.69, 9.17) is 5.73 Å². The molecule has 0 radical (unpaired) electrons. The molecule has 0 unspecified atom stereocenters. The number of nitrogens with two attached hydrogens (primary N) is 1. The van der Waals surface area contributed by atoms with Gasteiger partial charge in [-0.1, -0.05) is 0 Å². The molecule has 2 aliphatic heterocycles. The minimum atomic E-state index is -2.76. The zero-order valence-electron chi connectivity index (χ0n) is 8.20. The molecule has 2 aliphatic rings. The van der Waals surface area contributed by atoms with Crippen molar-refractivity contribution in [2.75, 3.05) is 18.1 Å². The molecular formula is C9H16N2O2S. The van der Waals surface area contributed by atoms with Gasteiger partial charge in [-0.15, -0.1) is 0 Å². The van der Waals surface area contributed by atoms with Gasteiger partial charge in [0.05, 0.1) is 17.3 Å². The van der Waals surface area contributed by atoms with Gasteiger partial charge < -0.3 is 5.73 Å². The number of amidine groups is 1. The van der Waals surface area contributed by atoms with Crippen LogP contribution in [0.25, 0.3) is 0 Å². The van der Waals surface area contributed by atoms with Gasteiger partial charge in [0.15, 0.2) is 0 Å². The highest BCUT2D eigenvalue weighted by molar-refractivity contribution is 7.91. The monoisotopic (exact) mass is 216 g/mol. The molecule has 0 bridgehead atoms. The molecule has 4 nitrogen and oxygen atoms in total. The van der Waals surface area contributed by atoms with E-state index in [0.717, 1.165) is 32.2 Å². The SMILES string of the molecule is NC1=NCCC2(CCS(=O)(=O)CC2)C1. The maximum absolute atomic E-state index is 11.3. The van der Waals surface area contributed by atoms with Gasteiger partial charge in [-0.2, -0.15) is 0 Å². The predicted molar refractivity (Wildman–Crippen MR) is 56.0 cm³/mol. The Morgan fingerprint density at radius 3 is 2.43 bits per heavy atom. The Bertz CT molecular complexity index is 345. The van der Waals surface area contributed by atoms with E-state index < -0.39 is 9.84 Å². The van der Waals surface area contributed by atoms with Crippen molar-refractivity contribution in [1.82, 2.24) is 0 Å². The number of aliphatic imine (C=N–C) groups is 1. The van der Waals surface area contributed by atoms with Gasteiger partial charge in [0, 0.05) is 13.0 Å². The Morgan fingerprint density at radius 2 is 1.86 bits per heavy atom. The van der Waals surface area contributed by atoms with Crippen molar-refractivity contribution in [2.45, 2.75) is 25.7 Å². The lowest BCUT2D eigenvalue weighted by Gasteiger charge is -2.38. The van der Waals surface area contributed by atoms with E-state index in [0.29, 0.717) is 17.3 Å². The van der Waals surface area contributed by atoms with Gasteiger partial charge in [-0.3, -0.25) is 4.99 Å². The van der Waals surface area contributed by atoms with Crippen LogP contribution in [0.1, 0.15) is 25.7 Å². The van der Waals surface area contributed by atoms with Crippen molar-refractivity contribution < 1.29 is 8.42 Å². The first kappa shape index (κ1) is 9.96. The third-order valence-corrected chi connectivity index (χ3v) is 5.05. The Kier molecular flexibility index (Phi) is 2.29. The summed E-state index contributed by atoms with van der Waals surface area (Å²) in [5, 5.41) is 0. The normalized spacial score (nSPS) is 29.9. The quantitative estimate of drug-likeness (QED) is 0.634. The maximum atomic E-state index is 11.3. The second kappa shape index (κ2) is 3.22. The van der Waals surface area contributed by atoms with Crippen LogP contribution in [-0.4, -0.2) is 32.3 Å². The van der Waals surface area contributed by atoms with E-state index in [1.807, 2.05) is 0 Å². The highest BCUT2D eigenvalue weighted by Gasteiger charge is 2.38. The Morgan fingerprint density at radius 1 is 1.21 bits per heavy atom. The molecule has 0 aromatic rings. The third kappa shape index (κ3) is 1.92. The summed E-state index contributed by atoms with van der Waals surface area (Å²) in [6, 6.07) is 0. The summed E-state index contributed by atoms with van der Waals surface area (Å²) in [5.41, 5.74) is 5.86. The highest BCUT2D eigenvalue weighted by atomic mass is 32.2. The molecule has 1 spiro atoms. The number of hydrogen-bond donors (Lipinski definition) is 1. The van der Waals surface area contributed by atoms with Crippen molar-refractivity contribution in [3.05, 3.63) is 0 Å². The Balaban J connectivity index is 2.10. The summed E-state index contributed by atoms with van der Waals surface area (Å²) in [4.78, 5) is 4.16. The average molecular weight is 216 g/mol. The molecule has 1 saturated heterocycles. The number of nitrogens with zero attached hydrogens (tertiary/aromatic N) is 1. The van der Waals surface area contributed by atoms with E-state index >= 15 is 0 Å². The van der Waals surface area contributed by atoms with E-state index in [1.165, 1.54) is 0 Å². The van der Waals surface area contributed by atoms with E-state index in [1.54, 1.807) is 0 Å². The summed E-state index contributed by atoms with van der Waals surface area (Å²) < 4.78 is 22.6. The molecule has 0 saturated carbocycles. The molecule has 2 rings (SSSR count). The summed E-state index contributed by atoms with van der Waals surface area (Å²) in [5.74, 6) is 1.37. The van der Waals surface area contributed by atoms with Crippen LogP contribution in [0.15, 0.2) is 4.99 Å². The standard InChI is InChI=1S/C9H16N2O2S/c10-8-7-9(1-4-11-8)2-5-14(12,13)6-3-9/h1-7H2,(H2,10,11).